The van der Waals surface area contributed by atoms with E-state index in [9.17, 15) is 5.26 Å². The van der Waals surface area contributed by atoms with E-state index >= 15 is 0 Å². The van der Waals surface area contributed by atoms with Gasteiger partial charge in [-0.25, -0.2) is 15.0 Å². The summed E-state index contributed by atoms with van der Waals surface area (Å²) in [7, 11) is 2.01. The van der Waals surface area contributed by atoms with Crippen LogP contribution in [0, 0.1) is 18.4 Å². The predicted octanol–water partition coefficient (Wildman–Crippen LogP) is 6.47. The van der Waals surface area contributed by atoms with Gasteiger partial charge < -0.3 is 9.47 Å². The molecule has 0 spiro atoms. The normalized spacial score (nSPS) is 11.7. The highest BCUT2D eigenvalue weighted by atomic mass is 35.5. The maximum atomic E-state index is 9.55. The summed E-state index contributed by atoms with van der Waals surface area (Å²) in [6.07, 6.45) is 4.12. The molecular formula is C27H27Cl2N7. The van der Waals surface area contributed by atoms with E-state index in [0.29, 0.717) is 30.7 Å². The molecule has 0 bridgehead atoms. The summed E-state index contributed by atoms with van der Waals surface area (Å²) in [5, 5.41) is 13.9. The number of aliphatic imine (C=N–C) groups is 1. The molecule has 3 aromatic heterocycles. The molecule has 0 saturated heterocycles. The van der Waals surface area contributed by atoms with E-state index in [1.807, 2.05) is 48.5 Å². The van der Waals surface area contributed by atoms with Crippen molar-refractivity contribution in [2.45, 2.75) is 39.8 Å². The van der Waals surface area contributed by atoms with Gasteiger partial charge in [0.25, 0.3) is 0 Å². The second-order valence-corrected chi connectivity index (χ2v) is 9.74. The number of nitrogens with one attached hydrogen (secondary N) is 1. The Morgan fingerprint density at radius 3 is 2.44 bits per heavy atom. The fraction of sp³-hybridized carbons (Fsp3) is 0.259. The molecular weight excluding hydrogens is 493 g/mol. The van der Waals surface area contributed by atoms with Crippen molar-refractivity contribution in [3.63, 3.8) is 0 Å². The van der Waals surface area contributed by atoms with Gasteiger partial charge in [-0.2, -0.15) is 5.26 Å². The number of nitriles is 1. The average Bonchev–Trinajstić information content (AvgIpc) is 3.11. The fourth-order valence-corrected chi connectivity index (χ4v) is 4.74. The van der Waals surface area contributed by atoms with Crippen LogP contribution in [0.5, 0.6) is 0 Å². The Balaban J connectivity index is 1.82. The molecule has 3 heterocycles. The van der Waals surface area contributed by atoms with Crippen molar-refractivity contribution >= 4 is 45.9 Å². The van der Waals surface area contributed by atoms with Gasteiger partial charge >= 0.3 is 0 Å². The van der Waals surface area contributed by atoms with Crippen LogP contribution in [0.3, 0.4) is 0 Å². The topological polar surface area (TPSA) is 82.1 Å². The molecule has 1 N–H and O–H groups in total. The number of aryl methyl sites for hydroxylation is 2. The molecule has 9 heteroatoms. The first-order valence-electron chi connectivity index (χ1n) is 11.6. The van der Waals surface area contributed by atoms with Crippen LogP contribution in [0.1, 0.15) is 42.1 Å². The second-order valence-electron chi connectivity index (χ2n) is 8.96. The van der Waals surface area contributed by atoms with Crippen LogP contribution < -0.4 is 5.32 Å². The number of benzene rings is 1. The number of aromatic nitrogens is 3. The Morgan fingerprint density at radius 1 is 1.11 bits per heavy atom. The first-order valence-corrected chi connectivity index (χ1v) is 12.3. The number of hydrogen-bond acceptors (Lipinski definition) is 4. The molecule has 0 saturated carbocycles. The highest BCUT2D eigenvalue weighted by molar-refractivity contribution is 6.32. The molecule has 0 aliphatic heterocycles. The Bertz CT molecular complexity index is 1430. The Morgan fingerprint density at radius 2 is 1.81 bits per heavy atom. The number of fused-ring (bicyclic) bond motifs is 1. The SMILES string of the molecule is Cc1cn(C)c2nc(CN(Cc3ccccc3)C(=Nc3cc(Cl)nc(Cl)c3)NC#N)cc(C(C)C)c12. The summed E-state index contributed by atoms with van der Waals surface area (Å²) in [6.45, 7) is 7.42. The van der Waals surface area contributed by atoms with Crippen LogP contribution in [-0.4, -0.2) is 25.4 Å². The molecule has 4 aromatic rings. The van der Waals surface area contributed by atoms with E-state index in [4.69, 9.17) is 28.2 Å². The Labute approximate surface area is 221 Å². The van der Waals surface area contributed by atoms with Crippen LogP contribution in [0.2, 0.25) is 10.3 Å². The summed E-state index contributed by atoms with van der Waals surface area (Å²) in [5.74, 6) is 0.681. The molecule has 0 atom stereocenters. The number of halogens is 2. The van der Waals surface area contributed by atoms with Gasteiger partial charge in [0.05, 0.1) is 17.9 Å². The minimum atomic E-state index is 0.222. The molecule has 7 nitrogen and oxygen atoms in total. The highest BCUT2D eigenvalue weighted by Gasteiger charge is 2.19. The van der Waals surface area contributed by atoms with Crippen LogP contribution in [0.4, 0.5) is 5.69 Å². The molecule has 184 valence electrons. The fourth-order valence-electron chi connectivity index (χ4n) is 4.29. The zero-order valence-corrected chi connectivity index (χ0v) is 22.1. The van der Waals surface area contributed by atoms with Crippen LogP contribution >= 0.6 is 23.2 Å². The molecule has 4 rings (SSSR count). The first-order chi connectivity index (χ1) is 17.2. The van der Waals surface area contributed by atoms with E-state index in [0.717, 1.165) is 16.9 Å². The zero-order chi connectivity index (χ0) is 25.8. The van der Waals surface area contributed by atoms with Crippen molar-refractivity contribution in [3.05, 3.63) is 87.4 Å². The monoisotopic (exact) mass is 519 g/mol. The van der Waals surface area contributed by atoms with E-state index in [1.54, 1.807) is 12.1 Å². The number of nitrogens with zero attached hydrogens (tertiary/aromatic N) is 6. The van der Waals surface area contributed by atoms with Crippen LogP contribution in [0.15, 0.2) is 59.7 Å². The third kappa shape index (κ3) is 5.78. The number of guanidine groups is 1. The number of hydrogen-bond donors (Lipinski definition) is 1. The van der Waals surface area contributed by atoms with Gasteiger partial charge in [0.1, 0.15) is 16.0 Å². The molecule has 0 amide bonds. The average molecular weight is 520 g/mol. The van der Waals surface area contributed by atoms with Crippen molar-refractivity contribution in [1.29, 1.82) is 5.26 Å². The van der Waals surface area contributed by atoms with Gasteiger partial charge in [0.15, 0.2) is 6.19 Å². The summed E-state index contributed by atoms with van der Waals surface area (Å²) in [5.41, 5.74) is 5.81. The molecule has 1 aromatic carbocycles. The quantitative estimate of drug-likeness (QED) is 0.104. The molecule has 0 aliphatic carbocycles. The zero-order valence-electron chi connectivity index (χ0n) is 20.6. The smallest absolute Gasteiger partial charge is 0.213 e. The Kier molecular flexibility index (Phi) is 7.78. The van der Waals surface area contributed by atoms with E-state index in [-0.39, 0.29) is 10.3 Å². The molecule has 0 aliphatic rings. The lowest BCUT2D eigenvalue weighted by Gasteiger charge is -2.25. The van der Waals surface area contributed by atoms with Gasteiger partial charge in [0.2, 0.25) is 5.96 Å². The molecule has 0 radical (unpaired) electrons. The lowest BCUT2D eigenvalue weighted by molar-refractivity contribution is 0.391. The van der Waals surface area contributed by atoms with Crippen molar-refractivity contribution in [2.24, 2.45) is 12.0 Å². The minimum Gasteiger partial charge on any atom is -0.335 e. The van der Waals surface area contributed by atoms with Gasteiger partial charge in [-0.05, 0) is 35.6 Å². The van der Waals surface area contributed by atoms with Crippen molar-refractivity contribution < 1.29 is 0 Å². The molecule has 0 fully saturated rings. The van der Waals surface area contributed by atoms with Gasteiger partial charge in [-0.15, -0.1) is 0 Å². The summed E-state index contributed by atoms with van der Waals surface area (Å²) < 4.78 is 2.06. The molecule has 36 heavy (non-hydrogen) atoms. The van der Waals surface area contributed by atoms with Gasteiger partial charge in [-0.3, -0.25) is 5.32 Å². The van der Waals surface area contributed by atoms with E-state index in [1.165, 1.54) is 16.5 Å². The maximum Gasteiger partial charge on any atom is 0.213 e. The largest absolute Gasteiger partial charge is 0.335 e. The maximum absolute atomic E-state index is 9.55. The highest BCUT2D eigenvalue weighted by Crippen LogP contribution is 2.30. The number of rotatable bonds is 6. The van der Waals surface area contributed by atoms with E-state index in [2.05, 4.69) is 52.9 Å². The van der Waals surface area contributed by atoms with E-state index < -0.39 is 0 Å². The van der Waals surface area contributed by atoms with Crippen molar-refractivity contribution in [1.82, 2.24) is 24.8 Å². The standard InChI is InChI=1S/C27H27Cl2N7/c1-17(2)22-10-21(32-26-25(22)18(3)13-35(26)4)15-36(14-19-8-6-5-7-9-19)27(31-16-30)33-20-11-23(28)34-24(29)12-20/h5-13,17H,14-15H2,1-4H3,(H,31,33,34). The lowest BCUT2D eigenvalue weighted by atomic mass is 9.98. The Hall–Kier alpha value is -3.60. The minimum absolute atomic E-state index is 0.222. The first kappa shape index (κ1) is 25.5. The van der Waals surface area contributed by atoms with Gasteiger partial charge in [0, 0.05) is 37.3 Å². The van der Waals surface area contributed by atoms with Crippen LogP contribution in [0.25, 0.3) is 11.0 Å². The summed E-state index contributed by atoms with van der Waals surface area (Å²) in [6, 6.07) is 15.4. The third-order valence-corrected chi connectivity index (χ3v) is 6.23. The number of pyridine rings is 2. The predicted molar refractivity (Wildman–Crippen MR) is 145 cm³/mol. The van der Waals surface area contributed by atoms with Gasteiger partial charge in [-0.1, -0.05) is 67.4 Å². The lowest BCUT2D eigenvalue weighted by Crippen LogP contribution is -2.38. The molecule has 0 unspecified atom stereocenters. The third-order valence-electron chi connectivity index (χ3n) is 5.84. The second kappa shape index (κ2) is 11.0. The summed E-state index contributed by atoms with van der Waals surface area (Å²) >= 11 is 12.2. The van der Waals surface area contributed by atoms with Crippen molar-refractivity contribution in [3.8, 4) is 6.19 Å². The van der Waals surface area contributed by atoms with Crippen LogP contribution in [-0.2, 0) is 20.1 Å². The van der Waals surface area contributed by atoms with Crippen molar-refractivity contribution in [2.75, 3.05) is 0 Å². The summed E-state index contributed by atoms with van der Waals surface area (Å²) in [4.78, 5) is 15.6.